The zero-order valence-corrected chi connectivity index (χ0v) is 15.1. The van der Waals surface area contributed by atoms with E-state index in [2.05, 4.69) is 15.6 Å². The predicted molar refractivity (Wildman–Crippen MR) is 96.5 cm³/mol. The van der Waals surface area contributed by atoms with Crippen molar-refractivity contribution in [2.45, 2.75) is 44.8 Å². The summed E-state index contributed by atoms with van der Waals surface area (Å²) in [6.07, 6.45) is 4.82. The SMILES string of the molecule is CN=C(NCC1CCCO1)NC(C)c1ccc(OCC2CC2)c(F)c1. The van der Waals surface area contributed by atoms with Crippen LogP contribution in [0, 0.1) is 11.7 Å². The molecule has 1 aromatic rings. The number of hydrogen-bond acceptors (Lipinski definition) is 3. The molecular formula is C19H28FN3O2. The summed E-state index contributed by atoms with van der Waals surface area (Å²) in [4.78, 5) is 4.23. The van der Waals surface area contributed by atoms with Gasteiger partial charge in [0.15, 0.2) is 17.5 Å². The molecule has 6 heteroatoms. The molecule has 2 aliphatic rings. The van der Waals surface area contributed by atoms with E-state index < -0.39 is 0 Å². The normalized spacial score (nSPS) is 21.9. The molecule has 138 valence electrons. The molecule has 0 aromatic heterocycles. The molecule has 1 aromatic carbocycles. The molecule has 1 heterocycles. The lowest BCUT2D eigenvalue weighted by atomic mass is 10.1. The van der Waals surface area contributed by atoms with E-state index in [9.17, 15) is 4.39 Å². The van der Waals surface area contributed by atoms with Gasteiger partial charge in [0.05, 0.1) is 18.8 Å². The number of aliphatic imine (C=N–C) groups is 1. The molecule has 0 amide bonds. The van der Waals surface area contributed by atoms with Gasteiger partial charge in [0.1, 0.15) is 0 Å². The number of benzene rings is 1. The van der Waals surface area contributed by atoms with E-state index in [4.69, 9.17) is 9.47 Å². The van der Waals surface area contributed by atoms with Gasteiger partial charge in [-0.2, -0.15) is 0 Å². The summed E-state index contributed by atoms with van der Waals surface area (Å²) in [5, 5.41) is 6.56. The number of ether oxygens (including phenoxy) is 2. The summed E-state index contributed by atoms with van der Waals surface area (Å²) in [6, 6.07) is 5.08. The van der Waals surface area contributed by atoms with Crippen molar-refractivity contribution in [3.8, 4) is 5.75 Å². The van der Waals surface area contributed by atoms with Crippen LogP contribution < -0.4 is 15.4 Å². The summed E-state index contributed by atoms with van der Waals surface area (Å²) in [5.74, 6) is 1.33. The Morgan fingerprint density at radius 2 is 2.24 bits per heavy atom. The van der Waals surface area contributed by atoms with Crippen LogP contribution in [0.1, 0.15) is 44.2 Å². The van der Waals surface area contributed by atoms with Gasteiger partial charge in [-0.1, -0.05) is 6.07 Å². The van der Waals surface area contributed by atoms with Gasteiger partial charge in [0, 0.05) is 20.2 Å². The van der Waals surface area contributed by atoms with Crippen LogP contribution in [0.4, 0.5) is 4.39 Å². The number of rotatable bonds is 7. The highest BCUT2D eigenvalue weighted by atomic mass is 19.1. The number of hydrogen-bond donors (Lipinski definition) is 2. The van der Waals surface area contributed by atoms with Gasteiger partial charge >= 0.3 is 0 Å². The summed E-state index contributed by atoms with van der Waals surface area (Å²) in [7, 11) is 1.73. The van der Waals surface area contributed by atoms with Gasteiger partial charge < -0.3 is 20.1 Å². The third-order valence-corrected chi connectivity index (χ3v) is 4.73. The molecule has 2 fully saturated rings. The third kappa shape index (κ3) is 5.33. The average molecular weight is 349 g/mol. The Labute approximate surface area is 149 Å². The largest absolute Gasteiger partial charge is 0.490 e. The average Bonchev–Trinajstić information content (AvgIpc) is 3.30. The highest BCUT2D eigenvalue weighted by Crippen LogP contribution is 2.30. The van der Waals surface area contributed by atoms with Crippen molar-refractivity contribution in [3.05, 3.63) is 29.6 Å². The van der Waals surface area contributed by atoms with Gasteiger partial charge in [0.25, 0.3) is 0 Å². The maximum absolute atomic E-state index is 14.2. The quantitative estimate of drug-likeness (QED) is 0.587. The van der Waals surface area contributed by atoms with Crippen LogP contribution in [0.15, 0.2) is 23.2 Å². The molecule has 3 rings (SSSR count). The molecule has 25 heavy (non-hydrogen) atoms. The first-order chi connectivity index (χ1) is 12.2. The van der Waals surface area contributed by atoms with E-state index in [1.165, 1.54) is 18.9 Å². The van der Waals surface area contributed by atoms with E-state index in [-0.39, 0.29) is 18.0 Å². The van der Waals surface area contributed by atoms with Crippen LogP contribution in [0.3, 0.4) is 0 Å². The molecule has 1 aliphatic carbocycles. The van der Waals surface area contributed by atoms with Gasteiger partial charge in [-0.15, -0.1) is 0 Å². The van der Waals surface area contributed by atoms with Gasteiger partial charge in [0.2, 0.25) is 0 Å². The molecular weight excluding hydrogens is 321 g/mol. The van der Waals surface area contributed by atoms with E-state index in [0.717, 1.165) is 31.6 Å². The molecule has 1 saturated carbocycles. The van der Waals surface area contributed by atoms with E-state index in [0.29, 0.717) is 24.2 Å². The lowest BCUT2D eigenvalue weighted by Crippen LogP contribution is -2.42. The number of nitrogens with zero attached hydrogens (tertiary/aromatic N) is 1. The second kappa shape index (κ2) is 8.52. The minimum atomic E-state index is -0.311. The fourth-order valence-electron chi connectivity index (χ4n) is 2.89. The van der Waals surface area contributed by atoms with E-state index in [1.54, 1.807) is 13.1 Å². The monoisotopic (exact) mass is 349 g/mol. The molecule has 5 nitrogen and oxygen atoms in total. The lowest BCUT2D eigenvalue weighted by Gasteiger charge is -2.20. The van der Waals surface area contributed by atoms with Crippen molar-refractivity contribution >= 4 is 5.96 Å². The maximum atomic E-state index is 14.2. The Kier molecular flexibility index (Phi) is 6.13. The highest BCUT2D eigenvalue weighted by Gasteiger charge is 2.22. The fourth-order valence-corrected chi connectivity index (χ4v) is 2.89. The second-order valence-electron chi connectivity index (χ2n) is 6.90. The van der Waals surface area contributed by atoms with Crippen molar-refractivity contribution in [1.29, 1.82) is 0 Å². The van der Waals surface area contributed by atoms with Crippen molar-refractivity contribution in [3.63, 3.8) is 0 Å². The van der Waals surface area contributed by atoms with Gasteiger partial charge in [-0.05, 0) is 56.2 Å². The molecule has 0 bridgehead atoms. The minimum absolute atomic E-state index is 0.0670. The summed E-state index contributed by atoms with van der Waals surface area (Å²) in [5.41, 5.74) is 0.858. The molecule has 2 N–H and O–H groups in total. The minimum Gasteiger partial charge on any atom is -0.490 e. The first-order valence-electron chi connectivity index (χ1n) is 9.16. The second-order valence-corrected chi connectivity index (χ2v) is 6.90. The third-order valence-electron chi connectivity index (χ3n) is 4.73. The van der Waals surface area contributed by atoms with Crippen molar-refractivity contribution in [2.24, 2.45) is 10.9 Å². The van der Waals surface area contributed by atoms with Crippen molar-refractivity contribution in [2.75, 3.05) is 26.8 Å². The first kappa shape index (κ1) is 18.0. The molecule has 2 atom stereocenters. The zero-order chi connectivity index (χ0) is 17.6. The Balaban J connectivity index is 1.51. The Morgan fingerprint density at radius 1 is 1.40 bits per heavy atom. The number of nitrogens with one attached hydrogen (secondary N) is 2. The highest BCUT2D eigenvalue weighted by molar-refractivity contribution is 5.80. The van der Waals surface area contributed by atoms with Gasteiger partial charge in [-0.25, -0.2) is 4.39 Å². The summed E-state index contributed by atoms with van der Waals surface area (Å²) >= 11 is 0. The Bertz CT molecular complexity index is 598. The summed E-state index contributed by atoms with van der Waals surface area (Å²) < 4.78 is 25.4. The molecule has 0 radical (unpaired) electrons. The molecule has 1 saturated heterocycles. The van der Waals surface area contributed by atoms with Crippen LogP contribution in [-0.4, -0.2) is 38.9 Å². The van der Waals surface area contributed by atoms with Crippen molar-refractivity contribution in [1.82, 2.24) is 10.6 Å². The number of halogens is 1. The predicted octanol–water partition coefficient (Wildman–Crippen LogP) is 3.02. The van der Waals surface area contributed by atoms with E-state index in [1.807, 2.05) is 13.0 Å². The molecule has 2 unspecified atom stereocenters. The lowest BCUT2D eigenvalue weighted by molar-refractivity contribution is 0.113. The van der Waals surface area contributed by atoms with Crippen LogP contribution >= 0.6 is 0 Å². The zero-order valence-electron chi connectivity index (χ0n) is 15.1. The van der Waals surface area contributed by atoms with Gasteiger partial charge in [-0.3, -0.25) is 4.99 Å². The first-order valence-corrected chi connectivity index (χ1v) is 9.16. The topological polar surface area (TPSA) is 54.9 Å². The van der Waals surface area contributed by atoms with Crippen molar-refractivity contribution < 1.29 is 13.9 Å². The molecule has 0 spiro atoms. The van der Waals surface area contributed by atoms with Crippen LogP contribution in [0.5, 0.6) is 5.75 Å². The van der Waals surface area contributed by atoms with Crippen LogP contribution in [0.25, 0.3) is 0 Å². The fraction of sp³-hybridized carbons (Fsp3) is 0.632. The number of guanidine groups is 1. The Hall–Kier alpha value is -1.82. The summed E-state index contributed by atoms with van der Waals surface area (Å²) in [6.45, 7) is 4.17. The van der Waals surface area contributed by atoms with Crippen LogP contribution in [-0.2, 0) is 4.74 Å². The standard InChI is InChI=1S/C19H28FN3O2/c1-13(23-19(21-2)22-11-16-4-3-9-24-16)15-7-8-18(17(20)10-15)25-12-14-5-6-14/h7-8,10,13-14,16H,3-6,9,11-12H2,1-2H3,(H2,21,22,23). The van der Waals surface area contributed by atoms with Crippen LogP contribution in [0.2, 0.25) is 0 Å². The smallest absolute Gasteiger partial charge is 0.191 e. The van der Waals surface area contributed by atoms with E-state index >= 15 is 0 Å². The maximum Gasteiger partial charge on any atom is 0.191 e. The Morgan fingerprint density at radius 3 is 2.88 bits per heavy atom. The molecule has 1 aliphatic heterocycles.